The molecule has 4 rings (SSSR count). The van der Waals surface area contributed by atoms with Gasteiger partial charge in [-0.25, -0.2) is 9.59 Å². The van der Waals surface area contributed by atoms with Gasteiger partial charge in [-0.1, -0.05) is 18.2 Å². The molecule has 2 atom stereocenters. The lowest BCUT2D eigenvalue weighted by Gasteiger charge is -2.36. The number of Topliss-reactive ketones (excluding diaryl/α,β-unsaturated/α-hetero) is 1. The summed E-state index contributed by atoms with van der Waals surface area (Å²) in [6.45, 7) is 3.77. The van der Waals surface area contributed by atoms with Gasteiger partial charge in [-0.05, 0) is 61.6 Å². The van der Waals surface area contributed by atoms with Gasteiger partial charge in [0, 0.05) is 29.3 Å². The van der Waals surface area contributed by atoms with E-state index in [-0.39, 0.29) is 24.7 Å². The Balaban J connectivity index is 1.77. The highest BCUT2D eigenvalue weighted by Gasteiger charge is 2.41. The number of nitrogens with one attached hydrogen (secondary N) is 1. The van der Waals surface area contributed by atoms with Crippen LogP contribution in [-0.2, 0) is 19.1 Å². The van der Waals surface area contributed by atoms with Crippen LogP contribution in [0.5, 0.6) is 11.5 Å². The number of carbonyl (C=O) groups excluding carboxylic acids is 3. The van der Waals surface area contributed by atoms with Crippen molar-refractivity contribution in [2.75, 3.05) is 27.9 Å². The lowest BCUT2D eigenvalue weighted by Crippen LogP contribution is -2.36. The Kier molecular flexibility index (Phi) is 7.66. The summed E-state index contributed by atoms with van der Waals surface area (Å²) >= 11 is 0. The van der Waals surface area contributed by atoms with E-state index >= 15 is 0 Å². The van der Waals surface area contributed by atoms with Crippen LogP contribution in [-0.4, -0.2) is 45.7 Å². The van der Waals surface area contributed by atoms with Gasteiger partial charge in [-0.2, -0.15) is 0 Å². The lowest BCUT2D eigenvalue weighted by atomic mass is 9.71. The van der Waals surface area contributed by atoms with Crippen molar-refractivity contribution in [1.82, 2.24) is 5.32 Å². The molecule has 0 saturated carbocycles. The van der Waals surface area contributed by atoms with Crippen LogP contribution in [0, 0.1) is 0 Å². The monoisotopic (exact) mass is 505 g/mol. The van der Waals surface area contributed by atoms with Crippen molar-refractivity contribution in [3.05, 3.63) is 81.7 Å². The van der Waals surface area contributed by atoms with E-state index in [1.165, 1.54) is 7.11 Å². The van der Waals surface area contributed by atoms with Crippen molar-refractivity contribution in [3.63, 3.8) is 0 Å². The van der Waals surface area contributed by atoms with Crippen molar-refractivity contribution in [1.29, 1.82) is 0 Å². The maximum atomic E-state index is 13.7. The third kappa shape index (κ3) is 4.96. The first-order chi connectivity index (χ1) is 17.8. The molecule has 1 aliphatic heterocycles. The van der Waals surface area contributed by atoms with Gasteiger partial charge >= 0.3 is 11.9 Å². The largest absolute Gasteiger partial charge is 0.493 e. The maximum Gasteiger partial charge on any atom is 0.337 e. The van der Waals surface area contributed by atoms with Crippen LogP contribution >= 0.6 is 0 Å². The van der Waals surface area contributed by atoms with E-state index < -0.39 is 17.9 Å². The third-order valence-corrected chi connectivity index (χ3v) is 6.87. The van der Waals surface area contributed by atoms with E-state index in [1.807, 2.05) is 25.1 Å². The molecule has 194 valence electrons. The zero-order valence-electron chi connectivity index (χ0n) is 21.7. The van der Waals surface area contributed by atoms with Crippen LogP contribution in [0.15, 0.2) is 65.0 Å². The molecular weight excluding hydrogens is 474 g/mol. The van der Waals surface area contributed by atoms with Crippen LogP contribution in [0.4, 0.5) is 0 Å². The van der Waals surface area contributed by atoms with E-state index in [9.17, 15) is 14.4 Å². The number of ether oxygens (including phenoxy) is 4. The second-order valence-electron chi connectivity index (χ2n) is 8.97. The number of rotatable bonds is 7. The standard InChI is InChI=1S/C29H31NO7/c1-6-37-29(33)25-16(2)30-21-13-20(19-11-12-23(34-3)24(15-19)35-4)14-22(31)27(21)26(25)17-7-9-18(10-8-17)28(32)36-5/h7-12,15,20,26,30H,6,13-14H2,1-5H3/t20-,26-/m0/s1. The number of benzene rings is 2. The Bertz CT molecular complexity index is 1290. The van der Waals surface area contributed by atoms with Crippen LogP contribution in [0.3, 0.4) is 0 Å². The summed E-state index contributed by atoms with van der Waals surface area (Å²) in [6.07, 6.45) is 0.864. The number of allylic oxidation sites excluding steroid dienone is 3. The van der Waals surface area contributed by atoms with Crippen LogP contribution in [0.2, 0.25) is 0 Å². The number of hydrogen-bond acceptors (Lipinski definition) is 8. The Morgan fingerprint density at radius 2 is 1.59 bits per heavy atom. The summed E-state index contributed by atoms with van der Waals surface area (Å²) in [4.78, 5) is 38.7. The summed E-state index contributed by atoms with van der Waals surface area (Å²) in [5, 5.41) is 3.34. The molecule has 2 aromatic carbocycles. The molecule has 0 amide bonds. The normalized spacial score (nSPS) is 19.1. The predicted octanol–water partition coefficient (Wildman–Crippen LogP) is 4.42. The molecule has 1 aliphatic carbocycles. The fourth-order valence-corrected chi connectivity index (χ4v) is 5.12. The zero-order valence-corrected chi connectivity index (χ0v) is 21.7. The first kappa shape index (κ1) is 26.0. The molecule has 0 bridgehead atoms. The van der Waals surface area contributed by atoms with E-state index in [4.69, 9.17) is 18.9 Å². The highest BCUT2D eigenvalue weighted by atomic mass is 16.5. The van der Waals surface area contributed by atoms with Crippen molar-refractivity contribution < 1.29 is 33.3 Å². The van der Waals surface area contributed by atoms with Gasteiger partial charge in [-0.3, -0.25) is 4.79 Å². The van der Waals surface area contributed by atoms with E-state index in [0.717, 1.165) is 16.8 Å². The molecule has 0 saturated heterocycles. The van der Waals surface area contributed by atoms with Gasteiger partial charge < -0.3 is 24.3 Å². The predicted molar refractivity (Wildman–Crippen MR) is 137 cm³/mol. The third-order valence-electron chi connectivity index (χ3n) is 6.87. The number of carbonyl (C=O) groups is 3. The number of methoxy groups -OCH3 is 3. The van der Waals surface area contributed by atoms with Crippen molar-refractivity contribution >= 4 is 17.7 Å². The minimum absolute atomic E-state index is 0.0510. The maximum absolute atomic E-state index is 13.7. The van der Waals surface area contributed by atoms with Gasteiger partial charge in [0.1, 0.15) is 0 Å². The lowest BCUT2D eigenvalue weighted by molar-refractivity contribution is -0.138. The Morgan fingerprint density at radius 3 is 2.22 bits per heavy atom. The average molecular weight is 506 g/mol. The Hall–Kier alpha value is -4.07. The summed E-state index contributed by atoms with van der Waals surface area (Å²) in [7, 11) is 4.48. The van der Waals surface area contributed by atoms with Gasteiger partial charge in [-0.15, -0.1) is 0 Å². The van der Waals surface area contributed by atoms with E-state index in [2.05, 4.69) is 5.32 Å². The first-order valence-corrected chi connectivity index (χ1v) is 12.1. The molecule has 1 heterocycles. The SMILES string of the molecule is CCOC(=O)C1=C(C)NC2=C(C(=O)C[C@@H](c3ccc(OC)c(OC)c3)C2)[C@H]1c1ccc(C(=O)OC)cc1. The zero-order chi connectivity index (χ0) is 26.7. The smallest absolute Gasteiger partial charge is 0.337 e. The molecule has 0 spiro atoms. The van der Waals surface area contributed by atoms with E-state index in [0.29, 0.717) is 40.3 Å². The first-order valence-electron chi connectivity index (χ1n) is 12.1. The van der Waals surface area contributed by atoms with Gasteiger partial charge in [0.05, 0.1) is 39.1 Å². The van der Waals surface area contributed by atoms with Gasteiger partial charge in [0.25, 0.3) is 0 Å². The molecule has 8 nitrogen and oxygen atoms in total. The molecular formula is C29H31NO7. The van der Waals surface area contributed by atoms with Crippen molar-refractivity contribution in [2.24, 2.45) is 0 Å². The van der Waals surface area contributed by atoms with Gasteiger partial charge in [0.15, 0.2) is 17.3 Å². The van der Waals surface area contributed by atoms with Crippen molar-refractivity contribution in [2.45, 2.75) is 38.5 Å². The minimum Gasteiger partial charge on any atom is -0.493 e. The minimum atomic E-state index is -0.610. The summed E-state index contributed by atoms with van der Waals surface area (Å²) in [5.74, 6) is -0.439. The highest BCUT2D eigenvalue weighted by molar-refractivity contribution is 6.04. The summed E-state index contributed by atoms with van der Waals surface area (Å²) < 4.78 is 21.0. The number of ketones is 1. The molecule has 8 heteroatoms. The Labute approximate surface area is 216 Å². The average Bonchev–Trinajstić information content (AvgIpc) is 2.91. The Morgan fingerprint density at radius 1 is 0.919 bits per heavy atom. The van der Waals surface area contributed by atoms with E-state index in [1.54, 1.807) is 45.4 Å². The molecule has 0 unspecified atom stereocenters. The highest BCUT2D eigenvalue weighted by Crippen LogP contribution is 2.46. The summed E-state index contributed by atoms with van der Waals surface area (Å²) in [5.41, 5.74) is 4.44. The molecule has 1 N–H and O–H groups in total. The second kappa shape index (κ2) is 10.9. The fourth-order valence-electron chi connectivity index (χ4n) is 5.12. The summed E-state index contributed by atoms with van der Waals surface area (Å²) in [6, 6.07) is 12.5. The second-order valence-corrected chi connectivity index (χ2v) is 8.97. The fraction of sp³-hybridized carbons (Fsp3) is 0.345. The molecule has 0 radical (unpaired) electrons. The molecule has 0 aromatic heterocycles. The topological polar surface area (TPSA) is 100 Å². The van der Waals surface area contributed by atoms with Crippen molar-refractivity contribution in [3.8, 4) is 11.5 Å². The van der Waals surface area contributed by atoms with Crippen LogP contribution in [0.25, 0.3) is 0 Å². The van der Waals surface area contributed by atoms with Gasteiger partial charge in [0.2, 0.25) is 0 Å². The molecule has 2 aliphatic rings. The number of hydrogen-bond donors (Lipinski definition) is 1. The molecule has 37 heavy (non-hydrogen) atoms. The van der Waals surface area contributed by atoms with Crippen LogP contribution in [0.1, 0.15) is 60.0 Å². The molecule has 0 fully saturated rings. The molecule has 2 aromatic rings. The van der Waals surface area contributed by atoms with Crippen LogP contribution < -0.4 is 14.8 Å². The quantitative estimate of drug-likeness (QED) is 0.552. The number of dihydropyridines is 1. The number of esters is 2.